The monoisotopic (exact) mass is 307 g/mol. The van der Waals surface area contributed by atoms with Crippen molar-refractivity contribution in [1.82, 2.24) is 24.4 Å². The highest BCUT2D eigenvalue weighted by Gasteiger charge is 2.14. The van der Waals surface area contributed by atoms with Gasteiger partial charge in [-0.1, -0.05) is 0 Å². The van der Waals surface area contributed by atoms with Crippen LogP contribution >= 0.6 is 15.9 Å². The van der Waals surface area contributed by atoms with Gasteiger partial charge >= 0.3 is 5.97 Å². The van der Waals surface area contributed by atoms with Gasteiger partial charge in [0.2, 0.25) is 0 Å². The molecule has 0 aromatic carbocycles. The van der Waals surface area contributed by atoms with Crippen LogP contribution in [0, 0.1) is 0 Å². The smallest absolute Gasteiger partial charge is 0.354 e. The van der Waals surface area contributed by atoms with Gasteiger partial charge in [-0.15, -0.1) is 0 Å². The number of carboxylic acid groups (broad SMARTS) is 1. The lowest BCUT2D eigenvalue weighted by Crippen LogP contribution is -2.10. The van der Waals surface area contributed by atoms with Gasteiger partial charge in [-0.2, -0.15) is 14.7 Å². The molecule has 0 aliphatic heterocycles. The van der Waals surface area contributed by atoms with Crippen molar-refractivity contribution in [1.29, 1.82) is 0 Å². The van der Waals surface area contributed by atoms with E-state index in [9.17, 15) is 4.79 Å². The molecule has 1 N–H and O–H groups in total. The molecule has 0 saturated carbocycles. The van der Waals surface area contributed by atoms with E-state index in [-0.39, 0.29) is 5.69 Å². The van der Waals surface area contributed by atoms with Crippen molar-refractivity contribution in [2.75, 3.05) is 0 Å². The molecule has 18 heavy (non-hydrogen) atoms. The summed E-state index contributed by atoms with van der Waals surface area (Å²) >= 11 is 3.23. The highest BCUT2D eigenvalue weighted by atomic mass is 79.9. The molecular formula is C10H6BrN5O2. The summed E-state index contributed by atoms with van der Waals surface area (Å²) in [7, 11) is 0. The molecule has 0 unspecified atom stereocenters. The number of hydrogen-bond acceptors (Lipinski definition) is 4. The van der Waals surface area contributed by atoms with Gasteiger partial charge < -0.3 is 5.11 Å². The maximum atomic E-state index is 11.0. The molecule has 0 amide bonds. The van der Waals surface area contributed by atoms with Crippen molar-refractivity contribution in [3.05, 3.63) is 40.9 Å². The van der Waals surface area contributed by atoms with Crippen LogP contribution < -0.4 is 0 Å². The first-order valence-corrected chi connectivity index (χ1v) is 5.74. The molecule has 3 aromatic rings. The summed E-state index contributed by atoms with van der Waals surface area (Å²) in [6.45, 7) is 0. The Kier molecular flexibility index (Phi) is 2.37. The van der Waals surface area contributed by atoms with Crippen LogP contribution in [0.4, 0.5) is 0 Å². The van der Waals surface area contributed by atoms with Crippen LogP contribution in [0.3, 0.4) is 0 Å². The highest BCUT2D eigenvalue weighted by molar-refractivity contribution is 9.10. The first-order chi connectivity index (χ1) is 8.65. The van der Waals surface area contributed by atoms with Gasteiger partial charge in [0.05, 0.1) is 0 Å². The van der Waals surface area contributed by atoms with Crippen LogP contribution in [0.15, 0.2) is 35.2 Å². The molecule has 0 radical (unpaired) electrons. The fourth-order valence-corrected chi connectivity index (χ4v) is 1.97. The molecule has 90 valence electrons. The van der Waals surface area contributed by atoms with Crippen LogP contribution in [-0.4, -0.2) is 35.5 Å². The average Bonchev–Trinajstić information content (AvgIpc) is 2.94. The minimum Gasteiger partial charge on any atom is -0.477 e. The number of halogens is 1. The molecule has 0 aliphatic carbocycles. The maximum Gasteiger partial charge on any atom is 0.354 e. The van der Waals surface area contributed by atoms with Crippen LogP contribution in [-0.2, 0) is 0 Å². The predicted molar refractivity (Wildman–Crippen MR) is 64.8 cm³/mol. The first-order valence-electron chi connectivity index (χ1n) is 4.95. The van der Waals surface area contributed by atoms with E-state index in [0.717, 1.165) is 0 Å². The van der Waals surface area contributed by atoms with Crippen molar-refractivity contribution in [2.45, 2.75) is 0 Å². The summed E-state index contributed by atoms with van der Waals surface area (Å²) in [6.07, 6.45) is 3.31. The van der Waals surface area contributed by atoms with Gasteiger partial charge in [-0.05, 0) is 22.0 Å². The van der Waals surface area contributed by atoms with Gasteiger partial charge in [0.1, 0.15) is 4.60 Å². The van der Waals surface area contributed by atoms with Gasteiger partial charge in [-0.25, -0.2) is 14.5 Å². The second-order valence-electron chi connectivity index (χ2n) is 3.49. The number of hydrogen-bond donors (Lipinski definition) is 1. The molecule has 0 bridgehead atoms. The summed E-state index contributed by atoms with van der Waals surface area (Å²) in [6, 6.07) is 4.80. The quantitative estimate of drug-likeness (QED) is 0.773. The van der Waals surface area contributed by atoms with E-state index >= 15 is 0 Å². The zero-order valence-corrected chi connectivity index (χ0v) is 10.4. The van der Waals surface area contributed by atoms with Crippen LogP contribution in [0.2, 0.25) is 0 Å². The summed E-state index contributed by atoms with van der Waals surface area (Å²) in [5, 5.41) is 17.3. The van der Waals surface area contributed by atoms with Gasteiger partial charge in [0.25, 0.3) is 0 Å². The Morgan fingerprint density at radius 3 is 2.89 bits per heavy atom. The average molecular weight is 308 g/mol. The Labute approximate surface area is 109 Å². The minimum atomic E-state index is -1.09. The number of aromatic nitrogens is 5. The first kappa shape index (κ1) is 10.9. The Morgan fingerprint density at radius 1 is 1.39 bits per heavy atom. The number of carbonyl (C=O) groups is 1. The van der Waals surface area contributed by atoms with Crippen molar-refractivity contribution < 1.29 is 9.90 Å². The molecule has 0 atom stereocenters. The largest absolute Gasteiger partial charge is 0.477 e. The molecule has 3 heterocycles. The van der Waals surface area contributed by atoms with Crippen LogP contribution in [0.5, 0.6) is 0 Å². The molecule has 0 spiro atoms. The van der Waals surface area contributed by atoms with Gasteiger partial charge in [0, 0.05) is 24.5 Å². The van der Waals surface area contributed by atoms with Crippen molar-refractivity contribution >= 4 is 27.5 Å². The minimum absolute atomic E-state index is 0.0552. The molecule has 0 fully saturated rings. The van der Waals surface area contributed by atoms with Gasteiger partial charge in [-0.3, -0.25) is 0 Å². The Morgan fingerprint density at radius 2 is 2.22 bits per heavy atom. The van der Waals surface area contributed by atoms with Crippen LogP contribution in [0.25, 0.3) is 11.5 Å². The Bertz CT molecular complexity index is 734. The maximum absolute atomic E-state index is 11.0. The fraction of sp³-hybridized carbons (Fsp3) is 0. The zero-order valence-electron chi connectivity index (χ0n) is 8.86. The van der Waals surface area contributed by atoms with E-state index in [2.05, 4.69) is 31.1 Å². The van der Waals surface area contributed by atoms with E-state index < -0.39 is 5.97 Å². The van der Waals surface area contributed by atoms with Crippen molar-refractivity contribution in [3.8, 4) is 5.82 Å². The molecule has 3 aromatic heterocycles. The summed E-state index contributed by atoms with van der Waals surface area (Å²) in [5.41, 5.74) is 0.382. The number of carboxylic acids is 1. The summed E-state index contributed by atoms with van der Waals surface area (Å²) in [5.74, 6) is -0.587. The normalized spacial score (nSPS) is 10.9. The van der Waals surface area contributed by atoms with E-state index in [1.54, 1.807) is 24.5 Å². The number of aromatic carboxylic acids is 1. The van der Waals surface area contributed by atoms with Gasteiger partial charge in [0.15, 0.2) is 17.2 Å². The van der Waals surface area contributed by atoms with E-state index in [4.69, 9.17) is 5.11 Å². The third-order valence-electron chi connectivity index (χ3n) is 2.34. The zero-order chi connectivity index (χ0) is 12.7. The summed E-state index contributed by atoms with van der Waals surface area (Å²) in [4.78, 5) is 15.0. The Balaban J connectivity index is 2.36. The number of rotatable bonds is 2. The number of nitrogens with zero attached hydrogens (tertiary/aromatic N) is 5. The second kappa shape index (κ2) is 3.91. The molecule has 0 aliphatic rings. The fourth-order valence-electron chi connectivity index (χ4n) is 1.61. The lowest BCUT2D eigenvalue weighted by atomic mass is 10.4. The van der Waals surface area contributed by atoms with Crippen molar-refractivity contribution in [2.24, 2.45) is 0 Å². The third kappa shape index (κ3) is 1.66. The molecule has 0 saturated heterocycles. The predicted octanol–water partition coefficient (Wildman–Crippen LogP) is 1.38. The highest BCUT2D eigenvalue weighted by Crippen LogP contribution is 2.16. The van der Waals surface area contributed by atoms with Crippen molar-refractivity contribution in [3.63, 3.8) is 0 Å². The van der Waals surface area contributed by atoms with Crippen LogP contribution in [0.1, 0.15) is 10.5 Å². The topological polar surface area (TPSA) is 85.3 Å². The Hall–Kier alpha value is -2.22. The lowest BCUT2D eigenvalue weighted by molar-refractivity contribution is 0.0690. The molecule has 3 rings (SSSR count). The summed E-state index contributed by atoms with van der Waals surface area (Å²) < 4.78 is 3.62. The molecular weight excluding hydrogens is 302 g/mol. The lowest BCUT2D eigenvalue weighted by Gasteiger charge is -2.05. The third-order valence-corrected chi connectivity index (χ3v) is 2.72. The number of fused-ring (bicyclic) bond motifs is 1. The molecule has 8 heteroatoms. The SMILES string of the molecule is O=C(O)c1cc(-n2cccn2)n2nc(Br)cc2n1. The second-order valence-corrected chi connectivity index (χ2v) is 4.30. The van der Waals surface area contributed by atoms with E-state index in [1.165, 1.54) is 15.3 Å². The molecule has 7 nitrogen and oxygen atoms in total. The standard InChI is InChI=1S/C10H6BrN5O2/c11-7-5-8-13-6(10(17)18)4-9(16(8)14-7)15-3-1-2-12-15/h1-5H,(H,17,18). The van der Waals surface area contributed by atoms with E-state index in [1.807, 2.05) is 0 Å². The van der Waals surface area contributed by atoms with E-state index in [0.29, 0.717) is 16.1 Å².